The molecule has 0 atom stereocenters. The first-order valence-electron chi connectivity index (χ1n) is 7.56. The van der Waals surface area contributed by atoms with Crippen LogP contribution >= 0.6 is 0 Å². The average molecular weight is 383 g/mol. The van der Waals surface area contributed by atoms with Crippen molar-refractivity contribution in [1.82, 2.24) is 29.5 Å². The van der Waals surface area contributed by atoms with Gasteiger partial charge in [-0.15, -0.1) is 4.98 Å². The number of sulfonamides is 1. The van der Waals surface area contributed by atoms with Crippen LogP contribution in [0.4, 0.5) is 10.7 Å². The molecule has 26 heavy (non-hydrogen) atoms. The number of amides is 2. The number of urea groups is 1. The highest BCUT2D eigenvalue weighted by atomic mass is 32.2. The molecular weight excluding hydrogens is 366 g/mol. The number of rotatable bonds is 5. The highest BCUT2D eigenvalue weighted by Crippen LogP contribution is 2.27. The van der Waals surface area contributed by atoms with E-state index in [0.717, 1.165) is 18.5 Å². The first kappa shape index (κ1) is 17.8. The van der Waals surface area contributed by atoms with Gasteiger partial charge in [-0.25, -0.2) is 9.52 Å². The van der Waals surface area contributed by atoms with Crippen molar-refractivity contribution < 1.29 is 22.7 Å². The number of fused-ring (bicyclic) bond motifs is 1. The van der Waals surface area contributed by atoms with Crippen LogP contribution in [0.2, 0.25) is 0 Å². The van der Waals surface area contributed by atoms with Crippen molar-refractivity contribution in [2.75, 3.05) is 19.5 Å². The van der Waals surface area contributed by atoms with Crippen LogP contribution in [0.15, 0.2) is 5.03 Å². The molecule has 140 valence electrons. The summed E-state index contributed by atoms with van der Waals surface area (Å²) >= 11 is 0. The van der Waals surface area contributed by atoms with Gasteiger partial charge in [0.1, 0.15) is 0 Å². The van der Waals surface area contributed by atoms with Gasteiger partial charge in [0, 0.05) is 18.3 Å². The number of aromatic nitrogens is 5. The molecule has 2 amide bonds. The molecule has 2 heterocycles. The molecular formula is C13H17N7O5S. The van der Waals surface area contributed by atoms with Crippen LogP contribution in [0, 0.1) is 0 Å². The zero-order valence-corrected chi connectivity index (χ0v) is 15.1. The number of carbonyl (C=O) groups excluding carboxylic acids is 1. The molecule has 0 spiro atoms. The molecule has 0 bridgehead atoms. The van der Waals surface area contributed by atoms with Crippen LogP contribution in [0.25, 0.3) is 0 Å². The molecule has 1 aliphatic carbocycles. The van der Waals surface area contributed by atoms with Gasteiger partial charge in [0.2, 0.25) is 11.0 Å². The van der Waals surface area contributed by atoms with Crippen molar-refractivity contribution >= 4 is 22.0 Å². The molecule has 0 aromatic carbocycles. The van der Waals surface area contributed by atoms with Crippen LogP contribution in [-0.4, -0.2) is 53.4 Å². The second kappa shape index (κ2) is 6.74. The SMILES string of the molecule is COc1nc(NC(=O)NS(=O)(=O)c2nn(C)c3c2CCC3)nc(OC)n1. The number of nitrogens with one attached hydrogen (secondary N) is 2. The summed E-state index contributed by atoms with van der Waals surface area (Å²) in [6.07, 6.45) is 2.20. The van der Waals surface area contributed by atoms with Gasteiger partial charge >= 0.3 is 18.1 Å². The van der Waals surface area contributed by atoms with Crippen LogP contribution < -0.4 is 19.5 Å². The molecule has 2 aromatic rings. The van der Waals surface area contributed by atoms with E-state index in [0.29, 0.717) is 12.0 Å². The highest BCUT2D eigenvalue weighted by molar-refractivity contribution is 7.90. The molecule has 2 N–H and O–H groups in total. The Morgan fingerprint density at radius 2 is 1.77 bits per heavy atom. The largest absolute Gasteiger partial charge is 0.467 e. The summed E-state index contributed by atoms with van der Waals surface area (Å²) < 4.78 is 38.1. The van der Waals surface area contributed by atoms with E-state index in [-0.39, 0.29) is 23.0 Å². The van der Waals surface area contributed by atoms with Crippen molar-refractivity contribution in [3.05, 3.63) is 11.3 Å². The van der Waals surface area contributed by atoms with E-state index < -0.39 is 16.1 Å². The fourth-order valence-electron chi connectivity index (χ4n) is 2.66. The predicted molar refractivity (Wildman–Crippen MR) is 87.5 cm³/mol. The monoisotopic (exact) mass is 383 g/mol. The summed E-state index contributed by atoms with van der Waals surface area (Å²) in [6.45, 7) is 0. The summed E-state index contributed by atoms with van der Waals surface area (Å²) in [7, 11) is 0.178. The van der Waals surface area contributed by atoms with E-state index in [1.807, 2.05) is 4.72 Å². The maximum atomic E-state index is 12.5. The lowest BCUT2D eigenvalue weighted by Gasteiger charge is -2.08. The van der Waals surface area contributed by atoms with Gasteiger partial charge < -0.3 is 9.47 Å². The van der Waals surface area contributed by atoms with Crippen molar-refractivity contribution in [2.24, 2.45) is 7.05 Å². The molecule has 0 unspecified atom stereocenters. The van der Waals surface area contributed by atoms with Crippen LogP contribution in [-0.2, 0) is 29.9 Å². The van der Waals surface area contributed by atoms with Crippen LogP contribution in [0.3, 0.4) is 0 Å². The Morgan fingerprint density at radius 1 is 1.12 bits per heavy atom. The number of carbonyl (C=O) groups is 1. The first-order chi connectivity index (χ1) is 12.3. The number of anilines is 1. The second-order valence-electron chi connectivity index (χ2n) is 5.40. The van der Waals surface area contributed by atoms with Crippen LogP contribution in [0.1, 0.15) is 17.7 Å². The number of aryl methyl sites for hydroxylation is 1. The van der Waals surface area contributed by atoms with E-state index in [4.69, 9.17) is 9.47 Å². The normalized spacial score (nSPS) is 13.2. The highest BCUT2D eigenvalue weighted by Gasteiger charge is 2.30. The minimum Gasteiger partial charge on any atom is -0.467 e. The molecule has 12 nitrogen and oxygen atoms in total. The van der Waals surface area contributed by atoms with E-state index in [1.54, 1.807) is 7.05 Å². The molecule has 3 rings (SSSR count). The third-order valence-corrected chi connectivity index (χ3v) is 5.04. The molecule has 0 radical (unpaired) electrons. The Hall–Kier alpha value is -2.96. The van der Waals surface area contributed by atoms with Gasteiger partial charge in [0.15, 0.2) is 0 Å². The lowest BCUT2D eigenvalue weighted by Crippen LogP contribution is -2.35. The third kappa shape index (κ3) is 3.37. The average Bonchev–Trinajstić information content (AvgIpc) is 3.18. The van der Waals surface area contributed by atoms with E-state index >= 15 is 0 Å². The zero-order valence-electron chi connectivity index (χ0n) is 14.3. The number of nitrogens with zero attached hydrogens (tertiary/aromatic N) is 5. The Labute approximate surface area is 149 Å². The van der Waals surface area contributed by atoms with Crippen molar-refractivity contribution in [3.63, 3.8) is 0 Å². The number of methoxy groups -OCH3 is 2. The third-order valence-electron chi connectivity index (χ3n) is 3.74. The fourth-order valence-corrected chi connectivity index (χ4v) is 3.83. The Kier molecular flexibility index (Phi) is 4.63. The lowest BCUT2D eigenvalue weighted by atomic mass is 10.3. The number of ether oxygens (including phenoxy) is 2. The van der Waals surface area contributed by atoms with Crippen molar-refractivity contribution in [3.8, 4) is 12.0 Å². The topological polar surface area (TPSA) is 150 Å². The van der Waals surface area contributed by atoms with Crippen molar-refractivity contribution in [1.29, 1.82) is 0 Å². The quantitative estimate of drug-likeness (QED) is 0.704. The summed E-state index contributed by atoms with van der Waals surface area (Å²) in [4.78, 5) is 23.4. The maximum absolute atomic E-state index is 12.5. The standard InChI is InChI=1S/C13H17N7O5S/c1-20-8-6-4-5-7(8)9(18-20)26(22,23)19-11(21)14-10-15-12(24-2)17-13(16-10)25-3/h4-6H2,1-3H3,(H2,14,15,16,17,19,21). The summed E-state index contributed by atoms with van der Waals surface area (Å²) in [6, 6.07) is -1.24. The number of hydrogen-bond acceptors (Lipinski definition) is 9. The van der Waals surface area contributed by atoms with Gasteiger partial charge in [-0.05, 0) is 19.3 Å². The smallest absolute Gasteiger partial charge is 0.335 e. The van der Waals surface area contributed by atoms with Gasteiger partial charge in [0.25, 0.3) is 10.0 Å². The van der Waals surface area contributed by atoms with E-state index in [1.165, 1.54) is 18.9 Å². The van der Waals surface area contributed by atoms with Gasteiger partial charge in [-0.2, -0.15) is 23.5 Å². The molecule has 0 saturated heterocycles. The Bertz CT molecular complexity index is 934. The second-order valence-corrected chi connectivity index (χ2v) is 7.00. The minimum absolute atomic E-state index is 0.0995. The summed E-state index contributed by atoms with van der Waals surface area (Å²) in [5.41, 5.74) is 1.49. The fraction of sp³-hybridized carbons (Fsp3) is 0.462. The van der Waals surface area contributed by atoms with Gasteiger partial charge in [-0.1, -0.05) is 0 Å². The van der Waals surface area contributed by atoms with Gasteiger partial charge in [0.05, 0.1) is 14.2 Å². The van der Waals surface area contributed by atoms with Gasteiger partial charge in [-0.3, -0.25) is 10.00 Å². The van der Waals surface area contributed by atoms with E-state index in [2.05, 4.69) is 25.4 Å². The molecule has 0 aliphatic heterocycles. The predicted octanol–water partition coefficient (Wildman–Crippen LogP) is -0.379. The summed E-state index contributed by atoms with van der Waals surface area (Å²) in [5.74, 6) is -0.229. The first-order valence-corrected chi connectivity index (χ1v) is 9.05. The zero-order chi connectivity index (χ0) is 18.9. The van der Waals surface area contributed by atoms with Crippen molar-refractivity contribution in [2.45, 2.75) is 24.3 Å². The molecule has 0 saturated carbocycles. The minimum atomic E-state index is -4.14. The van der Waals surface area contributed by atoms with E-state index in [9.17, 15) is 13.2 Å². The molecule has 2 aromatic heterocycles. The molecule has 13 heteroatoms. The Balaban J connectivity index is 1.79. The molecule has 0 fully saturated rings. The Morgan fingerprint density at radius 3 is 2.38 bits per heavy atom. The summed E-state index contributed by atoms with van der Waals surface area (Å²) in [5, 5.41) is 6.08. The molecule has 1 aliphatic rings. The number of hydrogen-bond donors (Lipinski definition) is 2. The van der Waals surface area contributed by atoms with Crippen LogP contribution in [0.5, 0.6) is 12.0 Å². The maximum Gasteiger partial charge on any atom is 0.335 e. The lowest BCUT2D eigenvalue weighted by molar-refractivity contribution is 0.256.